The van der Waals surface area contributed by atoms with Crippen molar-refractivity contribution in [3.63, 3.8) is 0 Å². The molecule has 0 bridgehead atoms. The van der Waals surface area contributed by atoms with Crippen LogP contribution in [0.3, 0.4) is 0 Å². The number of rotatable bonds is 5. The molecule has 0 spiro atoms. The fourth-order valence-electron chi connectivity index (χ4n) is 1.71. The summed E-state index contributed by atoms with van der Waals surface area (Å²) in [5.74, 6) is 0. The van der Waals surface area contributed by atoms with Crippen LogP contribution in [0.25, 0.3) is 0 Å². The van der Waals surface area contributed by atoms with Gasteiger partial charge in [-0.3, -0.25) is 4.98 Å². The molecule has 17 heavy (non-hydrogen) atoms. The van der Waals surface area contributed by atoms with Crippen LogP contribution < -0.4 is 0 Å². The lowest BCUT2D eigenvalue weighted by atomic mass is 10.1. The number of hydrogen-bond donors (Lipinski definition) is 1. The lowest BCUT2D eigenvalue weighted by Crippen LogP contribution is -2.03. The van der Waals surface area contributed by atoms with E-state index in [1.807, 2.05) is 12.1 Å². The predicted molar refractivity (Wildman–Crippen MR) is 66.8 cm³/mol. The Morgan fingerprint density at radius 2 is 2.12 bits per heavy atom. The van der Waals surface area contributed by atoms with Crippen molar-refractivity contribution < 1.29 is 5.11 Å². The molecule has 2 aromatic heterocycles. The molecule has 1 unspecified atom stereocenters. The molecule has 90 valence electrons. The first-order valence-electron chi connectivity index (χ1n) is 5.69. The molecule has 1 atom stereocenters. The van der Waals surface area contributed by atoms with Crippen molar-refractivity contribution in [1.29, 1.82) is 0 Å². The molecule has 0 aromatic carbocycles. The van der Waals surface area contributed by atoms with Crippen LogP contribution in [-0.2, 0) is 12.8 Å². The number of aromatic nitrogens is 3. The highest BCUT2D eigenvalue weighted by atomic mass is 32.1. The second kappa shape index (κ2) is 5.84. The van der Waals surface area contributed by atoms with Gasteiger partial charge in [0, 0.05) is 18.8 Å². The van der Waals surface area contributed by atoms with Crippen molar-refractivity contribution in [3.8, 4) is 0 Å². The smallest absolute Gasteiger partial charge is 0.0957 e. The van der Waals surface area contributed by atoms with Gasteiger partial charge in [-0.25, -0.2) is 0 Å². The van der Waals surface area contributed by atoms with Gasteiger partial charge >= 0.3 is 0 Å². The van der Waals surface area contributed by atoms with Crippen molar-refractivity contribution in [2.24, 2.45) is 0 Å². The van der Waals surface area contributed by atoms with Crippen LogP contribution in [0, 0.1) is 0 Å². The third-order valence-corrected chi connectivity index (χ3v) is 3.42. The van der Waals surface area contributed by atoms with Crippen molar-refractivity contribution in [1.82, 2.24) is 14.6 Å². The molecule has 0 radical (unpaired) electrons. The Labute approximate surface area is 105 Å². The van der Waals surface area contributed by atoms with E-state index in [1.54, 1.807) is 12.4 Å². The maximum atomic E-state index is 10.2. The Bertz CT molecular complexity index is 458. The van der Waals surface area contributed by atoms with E-state index in [0.717, 1.165) is 29.0 Å². The Morgan fingerprint density at radius 3 is 2.82 bits per heavy atom. The van der Waals surface area contributed by atoms with E-state index in [4.69, 9.17) is 0 Å². The lowest BCUT2D eigenvalue weighted by Gasteiger charge is -2.09. The second-order valence-electron chi connectivity index (χ2n) is 3.91. The van der Waals surface area contributed by atoms with E-state index in [1.165, 1.54) is 11.5 Å². The van der Waals surface area contributed by atoms with Crippen LogP contribution in [0.15, 0.2) is 24.5 Å². The number of aliphatic hydroxyl groups is 1. The average molecular weight is 249 g/mol. The standard InChI is InChI=1S/C12H15N3OS/c1-2-3-10-12(17-15-14-10)11(16)8-9-4-6-13-7-5-9/h4-7,11,16H,2-3,8H2,1H3. The molecule has 0 saturated heterocycles. The third kappa shape index (κ3) is 3.08. The molecule has 0 aliphatic heterocycles. The van der Waals surface area contributed by atoms with Crippen LogP contribution in [0.4, 0.5) is 0 Å². The maximum Gasteiger partial charge on any atom is 0.0957 e. The summed E-state index contributed by atoms with van der Waals surface area (Å²) in [5, 5.41) is 14.2. The van der Waals surface area contributed by atoms with Gasteiger partial charge in [0.2, 0.25) is 0 Å². The van der Waals surface area contributed by atoms with E-state index in [2.05, 4.69) is 21.5 Å². The Kier molecular flexibility index (Phi) is 4.17. The molecule has 5 heteroatoms. The van der Waals surface area contributed by atoms with Crippen molar-refractivity contribution in [3.05, 3.63) is 40.7 Å². The van der Waals surface area contributed by atoms with Gasteiger partial charge in [0.15, 0.2) is 0 Å². The van der Waals surface area contributed by atoms with Crippen LogP contribution in [0.1, 0.15) is 35.6 Å². The van der Waals surface area contributed by atoms with Gasteiger partial charge < -0.3 is 5.11 Å². The molecule has 2 rings (SSSR count). The topological polar surface area (TPSA) is 58.9 Å². The predicted octanol–water partition coefficient (Wildman–Crippen LogP) is 2.16. The SMILES string of the molecule is CCCc1nnsc1C(O)Cc1ccncc1. The summed E-state index contributed by atoms with van der Waals surface area (Å²) in [6.45, 7) is 2.10. The molecule has 0 fully saturated rings. The summed E-state index contributed by atoms with van der Waals surface area (Å²) in [7, 11) is 0. The van der Waals surface area contributed by atoms with E-state index in [-0.39, 0.29) is 0 Å². The summed E-state index contributed by atoms with van der Waals surface area (Å²) < 4.78 is 3.92. The normalized spacial score (nSPS) is 12.6. The Hall–Kier alpha value is -1.33. The fourth-order valence-corrected chi connectivity index (χ4v) is 2.39. The summed E-state index contributed by atoms with van der Waals surface area (Å²) >= 11 is 1.29. The summed E-state index contributed by atoms with van der Waals surface area (Å²) in [4.78, 5) is 4.85. The van der Waals surface area contributed by atoms with Crippen LogP contribution in [0.2, 0.25) is 0 Å². The molecule has 0 amide bonds. The van der Waals surface area contributed by atoms with Gasteiger partial charge in [0.1, 0.15) is 0 Å². The average Bonchev–Trinajstić information content (AvgIpc) is 2.79. The van der Waals surface area contributed by atoms with Crippen molar-refractivity contribution in [2.45, 2.75) is 32.3 Å². The first kappa shape index (κ1) is 12.1. The largest absolute Gasteiger partial charge is 0.387 e. The zero-order valence-corrected chi connectivity index (χ0v) is 10.5. The molecule has 0 aliphatic carbocycles. The molecule has 2 aromatic rings. The quantitative estimate of drug-likeness (QED) is 0.882. The number of pyridine rings is 1. The Balaban J connectivity index is 2.09. The van der Waals surface area contributed by atoms with Crippen molar-refractivity contribution in [2.75, 3.05) is 0 Å². The molecule has 4 nitrogen and oxygen atoms in total. The number of aryl methyl sites for hydroxylation is 1. The van der Waals surface area contributed by atoms with Gasteiger partial charge in [-0.05, 0) is 35.6 Å². The lowest BCUT2D eigenvalue weighted by molar-refractivity contribution is 0.181. The minimum absolute atomic E-state index is 0.515. The highest BCUT2D eigenvalue weighted by Crippen LogP contribution is 2.24. The van der Waals surface area contributed by atoms with Crippen LogP contribution >= 0.6 is 11.5 Å². The van der Waals surface area contributed by atoms with E-state index >= 15 is 0 Å². The zero-order chi connectivity index (χ0) is 12.1. The van der Waals surface area contributed by atoms with Crippen LogP contribution in [0.5, 0.6) is 0 Å². The van der Waals surface area contributed by atoms with Crippen LogP contribution in [-0.4, -0.2) is 19.7 Å². The highest BCUT2D eigenvalue weighted by molar-refractivity contribution is 7.05. The third-order valence-electron chi connectivity index (χ3n) is 2.55. The molecule has 0 aliphatic rings. The number of nitrogens with zero attached hydrogens (tertiary/aromatic N) is 3. The highest BCUT2D eigenvalue weighted by Gasteiger charge is 2.16. The van der Waals surface area contributed by atoms with Gasteiger partial charge in [0.05, 0.1) is 16.7 Å². The van der Waals surface area contributed by atoms with Gasteiger partial charge in [-0.15, -0.1) is 5.10 Å². The molecule has 2 heterocycles. The fraction of sp³-hybridized carbons (Fsp3) is 0.417. The first-order valence-corrected chi connectivity index (χ1v) is 6.46. The summed E-state index contributed by atoms with van der Waals surface area (Å²) in [6, 6.07) is 3.83. The first-order chi connectivity index (χ1) is 8.31. The minimum atomic E-state index is -0.515. The Morgan fingerprint density at radius 1 is 1.35 bits per heavy atom. The summed E-state index contributed by atoms with van der Waals surface area (Å²) in [5.41, 5.74) is 2.00. The maximum absolute atomic E-state index is 10.2. The van der Waals surface area contributed by atoms with Gasteiger partial charge in [-0.1, -0.05) is 17.8 Å². The summed E-state index contributed by atoms with van der Waals surface area (Å²) in [6.07, 6.45) is 5.43. The minimum Gasteiger partial charge on any atom is -0.387 e. The number of hydrogen-bond acceptors (Lipinski definition) is 5. The zero-order valence-electron chi connectivity index (χ0n) is 9.71. The van der Waals surface area contributed by atoms with Gasteiger partial charge in [0.25, 0.3) is 0 Å². The number of aliphatic hydroxyl groups excluding tert-OH is 1. The van der Waals surface area contributed by atoms with E-state index < -0.39 is 6.10 Å². The molecular weight excluding hydrogens is 234 g/mol. The monoisotopic (exact) mass is 249 g/mol. The van der Waals surface area contributed by atoms with Gasteiger partial charge in [-0.2, -0.15) is 0 Å². The van der Waals surface area contributed by atoms with Crippen molar-refractivity contribution >= 4 is 11.5 Å². The molecule has 0 saturated carbocycles. The second-order valence-corrected chi connectivity index (χ2v) is 4.69. The van der Waals surface area contributed by atoms with E-state index in [9.17, 15) is 5.11 Å². The molecular formula is C12H15N3OS. The van der Waals surface area contributed by atoms with E-state index in [0.29, 0.717) is 6.42 Å². The molecule has 1 N–H and O–H groups in total.